The molecule has 1 saturated heterocycles. The molecule has 0 radical (unpaired) electrons. The highest BCUT2D eigenvalue weighted by molar-refractivity contribution is 7.15. The second-order valence-electron chi connectivity index (χ2n) is 6.49. The number of carbonyl (C=O) groups excluding carboxylic acids is 1. The van der Waals surface area contributed by atoms with Crippen LogP contribution in [0.3, 0.4) is 0 Å². The van der Waals surface area contributed by atoms with Crippen LogP contribution in [0.15, 0.2) is 24.3 Å². The molecule has 0 saturated carbocycles. The summed E-state index contributed by atoms with van der Waals surface area (Å²) >= 11 is 1.60. The summed E-state index contributed by atoms with van der Waals surface area (Å²) in [6.45, 7) is 5.98. The zero-order valence-electron chi connectivity index (χ0n) is 14.5. The van der Waals surface area contributed by atoms with Crippen molar-refractivity contribution in [2.24, 2.45) is 5.92 Å². The molecule has 4 nitrogen and oxygen atoms in total. The fraction of sp³-hybridized carbons (Fsp3) is 0.474. The standard InChI is InChI=1S/C19H24N2O2S/c1-13-7-6-10-21(12-13)18(22)11-17-14(2)20-19(24-17)15-8-4-5-9-16(15)23-3/h4-5,8-9,13H,6-7,10-12H2,1-3H3. The third-order valence-electron chi connectivity index (χ3n) is 4.55. The Morgan fingerprint density at radius 2 is 2.21 bits per heavy atom. The smallest absolute Gasteiger partial charge is 0.227 e. The fourth-order valence-corrected chi connectivity index (χ4v) is 4.28. The van der Waals surface area contributed by atoms with E-state index in [2.05, 4.69) is 11.9 Å². The molecule has 2 aromatic rings. The summed E-state index contributed by atoms with van der Waals surface area (Å²) in [6, 6.07) is 7.88. The number of carbonyl (C=O) groups is 1. The maximum absolute atomic E-state index is 12.6. The van der Waals surface area contributed by atoms with Gasteiger partial charge in [-0.25, -0.2) is 4.98 Å². The van der Waals surface area contributed by atoms with Crippen molar-refractivity contribution >= 4 is 17.2 Å². The van der Waals surface area contributed by atoms with Crippen molar-refractivity contribution in [2.45, 2.75) is 33.1 Å². The third kappa shape index (κ3) is 3.61. The van der Waals surface area contributed by atoms with Crippen molar-refractivity contribution in [1.82, 2.24) is 9.88 Å². The van der Waals surface area contributed by atoms with Crippen LogP contribution in [-0.4, -0.2) is 36.0 Å². The van der Waals surface area contributed by atoms with Crippen LogP contribution in [0.5, 0.6) is 5.75 Å². The Balaban J connectivity index is 1.78. The molecule has 1 aliphatic heterocycles. The summed E-state index contributed by atoms with van der Waals surface area (Å²) < 4.78 is 5.43. The molecule has 1 atom stereocenters. The van der Waals surface area contributed by atoms with E-state index in [0.717, 1.165) is 46.4 Å². The molecule has 24 heavy (non-hydrogen) atoms. The highest BCUT2D eigenvalue weighted by atomic mass is 32.1. The van der Waals surface area contributed by atoms with Crippen LogP contribution in [0.25, 0.3) is 10.6 Å². The predicted octanol–water partition coefficient (Wildman–Crippen LogP) is 3.93. The third-order valence-corrected chi connectivity index (χ3v) is 5.74. The van der Waals surface area contributed by atoms with Gasteiger partial charge >= 0.3 is 0 Å². The molecule has 1 fully saturated rings. The zero-order chi connectivity index (χ0) is 17.1. The number of methoxy groups -OCH3 is 1. The summed E-state index contributed by atoms with van der Waals surface area (Å²) in [5.41, 5.74) is 1.93. The zero-order valence-corrected chi connectivity index (χ0v) is 15.4. The Kier molecular flexibility index (Phi) is 5.19. The quantitative estimate of drug-likeness (QED) is 0.844. The van der Waals surface area contributed by atoms with Crippen LogP contribution in [0.4, 0.5) is 0 Å². The molecule has 0 N–H and O–H groups in total. The van der Waals surface area contributed by atoms with E-state index < -0.39 is 0 Å². The number of para-hydroxylation sites is 1. The van der Waals surface area contributed by atoms with Crippen LogP contribution in [0.2, 0.25) is 0 Å². The monoisotopic (exact) mass is 344 g/mol. The van der Waals surface area contributed by atoms with Gasteiger partial charge in [-0.3, -0.25) is 4.79 Å². The molecule has 1 aromatic heterocycles. The number of hydrogen-bond acceptors (Lipinski definition) is 4. The molecule has 0 aliphatic carbocycles. The van der Waals surface area contributed by atoms with Gasteiger partial charge in [0.1, 0.15) is 10.8 Å². The van der Waals surface area contributed by atoms with E-state index in [0.29, 0.717) is 12.3 Å². The number of hydrogen-bond donors (Lipinski definition) is 0. The number of aryl methyl sites for hydroxylation is 1. The Morgan fingerprint density at radius 3 is 2.96 bits per heavy atom. The predicted molar refractivity (Wildman–Crippen MR) is 97.5 cm³/mol. The van der Waals surface area contributed by atoms with Crippen molar-refractivity contribution in [3.05, 3.63) is 34.8 Å². The van der Waals surface area contributed by atoms with Gasteiger partial charge in [-0.15, -0.1) is 11.3 Å². The van der Waals surface area contributed by atoms with Gasteiger partial charge in [0.15, 0.2) is 0 Å². The summed E-state index contributed by atoms with van der Waals surface area (Å²) in [4.78, 5) is 20.3. The first-order chi connectivity index (χ1) is 11.6. The number of thiazole rings is 1. The van der Waals surface area contributed by atoms with Gasteiger partial charge in [0.25, 0.3) is 0 Å². The summed E-state index contributed by atoms with van der Waals surface area (Å²) in [5.74, 6) is 1.64. The van der Waals surface area contributed by atoms with Crippen LogP contribution in [0.1, 0.15) is 30.3 Å². The lowest BCUT2D eigenvalue weighted by Crippen LogP contribution is -2.39. The SMILES string of the molecule is COc1ccccc1-c1nc(C)c(CC(=O)N2CCCC(C)C2)s1. The average Bonchev–Trinajstić information content (AvgIpc) is 2.95. The second kappa shape index (κ2) is 7.34. The van der Waals surface area contributed by atoms with Crippen LogP contribution in [-0.2, 0) is 11.2 Å². The lowest BCUT2D eigenvalue weighted by molar-refractivity contribution is -0.132. The molecule has 1 aliphatic rings. The minimum absolute atomic E-state index is 0.222. The van der Waals surface area contributed by atoms with E-state index in [1.165, 1.54) is 6.42 Å². The topological polar surface area (TPSA) is 42.4 Å². The van der Waals surface area contributed by atoms with Crippen molar-refractivity contribution < 1.29 is 9.53 Å². The first-order valence-corrected chi connectivity index (χ1v) is 9.27. The normalized spacial score (nSPS) is 17.8. The number of benzene rings is 1. The molecule has 128 valence electrons. The largest absolute Gasteiger partial charge is 0.496 e. The van der Waals surface area contributed by atoms with E-state index in [-0.39, 0.29) is 5.91 Å². The van der Waals surface area contributed by atoms with Crippen molar-refractivity contribution in [2.75, 3.05) is 20.2 Å². The highest BCUT2D eigenvalue weighted by Crippen LogP contribution is 2.34. The van der Waals surface area contributed by atoms with Gasteiger partial charge in [0.2, 0.25) is 5.91 Å². The van der Waals surface area contributed by atoms with Crippen molar-refractivity contribution in [3.8, 4) is 16.3 Å². The fourth-order valence-electron chi connectivity index (χ4n) is 3.19. The second-order valence-corrected chi connectivity index (χ2v) is 7.58. The molecule has 1 aromatic carbocycles. The van der Waals surface area contributed by atoms with Crippen LogP contribution >= 0.6 is 11.3 Å². The summed E-state index contributed by atoms with van der Waals surface area (Å²) in [5, 5.41) is 0.916. The molecular weight excluding hydrogens is 320 g/mol. The van der Waals surface area contributed by atoms with Gasteiger partial charge in [-0.05, 0) is 37.8 Å². The minimum atomic E-state index is 0.222. The molecule has 2 heterocycles. The van der Waals surface area contributed by atoms with Crippen molar-refractivity contribution in [3.63, 3.8) is 0 Å². The van der Waals surface area contributed by atoms with E-state index in [4.69, 9.17) is 4.74 Å². The molecule has 0 bridgehead atoms. The molecular formula is C19H24N2O2S. The van der Waals surface area contributed by atoms with Crippen molar-refractivity contribution in [1.29, 1.82) is 0 Å². The number of likely N-dealkylation sites (tertiary alicyclic amines) is 1. The van der Waals surface area contributed by atoms with Gasteiger partial charge in [0, 0.05) is 18.0 Å². The number of piperidine rings is 1. The van der Waals surface area contributed by atoms with Gasteiger partial charge < -0.3 is 9.64 Å². The lowest BCUT2D eigenvalue weighted by Gasteiger charge is -2.30. The van der Waals surface area contributed by atoms with Gasteiger partial charge in [-0.2, -0.15) is 0 Å². The van der Waals surface area contributed by atoms with E-state index >= 15 is 0 Å². The lowest BCUT2D eigenvalue weighted by atomic mass is 10.00. The maximum atomic E-state index is 12.6. The van der Waals surface area contributed by atoms with E-state index in [1.807, 2.05) is 36.1 Å². The Bertz CT molecular complexity index is 726. The minimum Gasteiger partial charge on any atom is -0.496 e. The Labute approximate surface area is 147 Å². The molecule has 5 heteroatoms. The maximum Gasteiger partial charge on any atom is 0.227 e. The molecule has 1 unspecified atom stereocenters. The molecule has 0 spiro atoms. The van der Waals surface area contributed by atoms with Gasteiger partial charge in [0.05, 0.1) is 24.8 Å². The number of ether oxygens (including phenoxy) is 1. The number of nitrogens with zero attached hydrogens (tertiary/aromatic N) is 2. The Hall–Kier alpha value is -1.88. The summed E-state index contributed by atoms with van der Waals surface area (Å²) in [6.07, 6.45) is 2.79. The number of aromatic nitrogens is 1. The number of rotatable bonds is 4. The first-order valence-electron chi connectivity index (χ1n) is 8.46. The average molecular weight is 344 g/mol. The highest BCUT2D eigenvalue weighted by Gasteiger charge is 2.23. The van der Waals surface area contributed by atoms with E-state index in [9.17, 15) is 4.79 Å². The molecule has 3 rings (SSSR count). The van der Waals surface area contributed by atoms with Crippen LogP contribution < -0.4 is 4.74 Å². The Morgan fingerprint density at radius 1 is 1.42 bits per heavy atom. The first kappa shape index (κ1) is 17.0. The van der Waals surface area contributed by atoms with E-state index in [1.54, 1.807) is 18.4 Å². The summed E-state index contributed by atoms with van der Waals surface area (Å²) in [7, 11) is 1.67. The molecule has 1 amide bonds. The van der Waals surface area contributed by atoms with Gasteiger partial charge in [-0.1, -0.05) is 19.1 Å². The van der Waals surface area contributed by atoms with Crippen LogP contribution in [0, 0.1) is 12.8 Å². The number of amides is 1.